The molecule has 0 saturated carbocycles. The summed E-state index contributed by atoms with van der Waals surface area (Å²) in [5, 5.41) is 7.69. The second kappa shape index (κ2) is 6.91. The van der Waals surface area contributed by atoms with Gasteiger partial charge in [0.1, 0.15) is 12.2 Å². The van der Waals surface area contributed by atoms with Gasteiger partial charge in [-0.15, -0.1) is 0 Å². The summed E-state index contributed by atoms with van der Waals surface area (Å²) in [6, 6.07) is 0.891. The smallest absolute Gasteiger partial charge is 0.141 e. The van der Waals surface area contributed by atoms with E-state index in [9.17, 15) is 0 Å². The van der Waals surface area contributed by atoms with E-state index in [1.807, 2.05) is 16.4 Å². The van der Waals surface area contributed by atoms with Gasteiger partial charge in [0.2, 0.25) is 0 Å². The first kappa shape index (κ1) is 13.5. The minimum Gasteiger partial charge on any atom is -0.307 e. The van der Waals surface area contributed by atoms with E-state index in [2.05, 4.69) is 43.1 Å². The van der Waals surface area contributed by atoms with Crippen molar-refractivity contribution in [2.24, 2.45) is 0 Å². The summed E-state index contributed by atoms with van der Waals surface area (Å²) in [5.41, 5.74) is 0. The lowest BCUT2D eigenvalue weighted by molar-refractivity contribution is 0.478. The van der Waals surface area contributed by atoms with E-state index in [1.54, 1.807) is 6.33 Å². The third kappa shape index (κ3) is 4.14. The largest absolute Gasteiger partial charge is 0.307 e. The zero-order chi connectivity index (χ0) is 12.0. The Morgan fingerprint density at radius 3 is 2.81 bits per heavy atom. The van der Waals surface area contributed by atoms with Crippen LogP contribution in [0.3, 0.4) is 0 Å². The number of hydrogen-bond acceptors (Lipinski definition) is 4. The van der Waals surface area contributed by atoms with Crippen LogP contribution >= 0.6 is 11.8 Å². The second-order valence-electron chi connectivity index (χ2n) is 4.16. The maximum absolute atomic E-state index is 4.27. The van der Waals surface area contributed by atoms with Gasteiger partial charge in [0.15, 0.2) is 0 Å². The van der Waals surface area contributed by atoms with Crippen LogP contribution in [0.4, 0.5) is 0 Å². The van der Waals surface area contributed by atoms with E-state index in [1.165, 1.54) is 5.75 Å². The lowest BCUT2D eigenvalue weighted by Crippen LogP contribution is -2.29. The topological polar surface area (TPSA) is 42.7 Å². The summed E-state index contributed by atoms with van der Waals surface area (Å²) >= 11 is 1.96. The van der Waals surface area contributed by atoms with Gasteiger partial charge in [-0.05, 0) is 26.5 Å². The molecule has 0 aliphatic heterocycles. The molecule has 0 spiro atoms. The fourth-order valence-electron chi connectivity index (χ4n) is 1.45. The van der Waals surface area contributed by atoms with Crippen LogP contribution in [0.15, 0.2) is 6.33 Å². The molecule has 1 N–H and O–H groups in total. The maximum atomic E-state index is 4.27. The van der Waals surface area contributed by atoms with Crippen LogP contribution in [0.1, 0.15) is 39.6 Å². The fraction of sp³-hybridized carbons (Fsp3) is 0.818. The average Bonchev–Trinajstić information content (AvgIpc) is 2.71. The second-order valence-corrected chi connectivity index (χ2v) is 5.47. The number of thioether (sulfide) groups is 1. The molecule has 16 heavy (non-hydrogen) atoms. The first-order valence-electron chi connectivity index (χ1n) is 5.84. The van der Waals surface area contributed by atoms with E-state index in [-0.39, 0.29) is 0 Å². The van der Waals surface area contributed by atoms with Crippen molar-refractivity contribution in [3.63, 3.8) is 0 Å². The summed E-state index contributed by atoms with van der Waals surface area (Å²) in [4.78, 5) is 4.27. The molecule has 5 heteroatoms. The van der Waals surface area contributed by atoms with Gasteiger partial charge >= 0.3 is 0 Å². The monoisotopic (exact) mass is 242 g/mol. The Bertz CT molecular complexity index is 298. The number of rotatable bonds is 7. The molecule has 0 fully saturated rings. The van der Waals surface area contributed by atoms with Gasteiger partial charge in [0.05, 0.1) is 6.54 Å². The Morgan fingerprint density at radius 1 is 1.44 bits per heavy atom. The normalized spacial score (nSPS) is 13.3. The van der Waals surface area contributed by atoms with E-state index in [4.69, 9.17) is 0 Å². The predicted molar refractivity (Wildman–Crippen MR) is 69.7 cm³/mol. The highest BCUT2D eigenvalue weighted by Crippen LogP contribution is 2.06. The van der Waals surface area contributed by atoms with Gasteiger partial charge in [-0.1, -0.05) is 6.92 Å². The van der Waals surface area contributed by atoms with Crippen molar-refractivity contribution in [1.29, 1.82) is 0 Å². The molecule has 0 aromatic carbocycles. The lowest BCUT2D eigenvalue weighted by atomic mass is 10.3. The molecule has 0 radical (unpaired) electrons. The predicted octanol–water partition coefficient (Wildman–Crippen LogP) is 2.09. The third-order valence-electron chi connectivity index (χ3n) is 2.32. The quantitative estimate of drug-likeness (QED) is 0.795. The highest BCUT2D eigenvalue weighted by atomic mass is 32.2. The molecular weight excluding hydrogens is 220 g/mol. The minimum absolute atomic E-state index is 0.375. The molecule has 0 bridgehead atoms. The van der Waals surface area contributed by atoms with Gasteiger partial charge in [-0.3, -0.25) is 0 Å². The molecule has 1 aromatic rings. The van der Waals surface area contributed by atoms with Crippen LogP contribution in [-0.2, 0) is 6.54 Å². The van der Waals surface area contributed by atoms with Crippen LogP contribution in [0.2, 0.25) is 0 Å². The zero-order valence-corrected chi connectivity index (χ0v) is 11.4. The number of aromatic nitrogens is 3. The van der Waals surface area contributed by atoms with Gasteiger partial charge in [0, 0.05) is 17.8 Å². The fourth-order valence-corrected chi connectivity index (χ4v) is 2.16. The molecule has 0 saturated heterocycles. The van der Waals surface area contributed by atoms with Crippen molar-refractivity contribution in [3.05, 3.63) is 12.2 Å². The van der Waals surface area contributed by atoms with Crippen LogP contribution in [0, 0.1) is 0 Å². The molecule has 1 unspecified atom stereocenters. The molecule has 0 amide bonds. The summed E-state index contributed by atoms with van der Waals surface area (Å²) in [6.07, 6.45) is 1.63. The van der Waals surface area contributed by atoms with E-state index in [0.717, 1.165) is 18.1 Å². The summed E-state index contributed by atoms with van der Waals surface area (Å²) in [7, 11) is 0. The molecular formula is C11H22N4S. The Kier molecular flexibility index (Phi) is 5.84. The van der Waals surface area contributed by atoms with E-state index in [0.29, 0.717) is 12.1 Å². The zero-order valence-electron chi connectivity index (χ0n) is 10.6. The van der Waals surface area contributed by atoms with Crippen molar-refractivity contribution in [2.45, 2.75) is 46.3 Å². The highest BCUT2D eigenvalue weighted by Gasteiger charge is 2.08. The molecule has 1 atom stereocenters. The molecule has 1 rings (SSSR count). The molecule has 0 aliphatic carbocycles. The SMILES string of the molecule is CCSCC(C)NCc1ncnn1C(C)C. The molecule has 1 aromatic heterocycles. The highest BCUT2D eigenvalue weighted by molar-refractivity contribution is 7.99. The van der Waals surface area contributed by atoms with E-state index >= 15 is 0 Å². The Morgan fingerprint density at radius 2 is 2.19 bits per heavy atom. The molecule has 1 heterocycles. The van der Waals surface area contributed by atoms with Crippen LogP contribution in [0.25, 0.3) is 0 Å². The van der Waals surface area contributed by atoms with Crippen molar-refractivity contribution < 1.29 is 0 Å². The van der Waals surface area contributed by atoms with Crippen molar-refractivity contribution in [2.75, 3.05) is 11.5 Å². The van der Waals surface area contributed by atoms with Gasteiger partial charge in [-0.25, -0.2) is 9.67 Å². The molecule has 4 nitrogen and oxygen atoms in total. The maximum Gasteiger partial charge on any atom is 0.141 e. The Balaban J connectivity index is 2.39. The third-order valence-corrected chi connectivity index (χ3v) is 3.46. The summed E-state index contributed by atoms with van der Waals surface area (Å²) in [5.74, 6) is 3.34. The average molecular weight is 242 g/mol. The Hall–Kier alpha value is -0.550. The Labute approximate surface area is 102 Å². The number of hydrogen-bond donors (Lipinski definition) is 1. The van der Waals surface area contributed by atoms with Gasteiger partial charge in [0.25, 0.3) is 0 Å². The van der Waals surface area contributed by atoms with Crippen molar-refractivity contribution >= 4 is 11.8 Å². The minimum atomic E-state index is 0.375. The van der Waals surface area contributed by atoms with E-state index < -0.39 is 0 Å². The molecule has 0 aliphatic rings. The standard InChI is InChI=1S/C11H22N4S/c1-5-16-7-10(4)12-6-11-13-8-14-15(11)9(2)3/h8-10,12H,5-7H2,1-4H3. The number of nitrogens with zero attached hydrogens (tertiary/aromatic N) is 3. The van der Waals surface area contributed by atoms with Gasteiger partial charge < -0.3 is 5.32 Å². The van der Waals surface area contributed by atoms with Crippen molar-refractivity contribution in [3.8, 4) is 0 Å². The number of nitrogens with one attached hydrogen (secondary N) is 1. The first-order valence-corrected chi connectivity index (χ1v) is 7.00. The van der Waals surface area contributed by atoms with Crippen LogP contribution in [-0.4, -0.2) is 32.3 Å². The van der Waals surface area contributed by atoms with Crippen LogP contribution in [0.5, 0.6) is 0 Å². The summed E-state index contributed by atoms with van der Waals surface area (Å²) < 4.78 is 1.96. The first-order chi connectivity index (χ1) is 7.65. The van der Waals surface area contributed by atoms with Crippen LogP contribution < -0.4 is 5.32 Å². The van der Waals surface area contributed by atoms with Crippen molar-refractivity contribution in [1.82, 2.24) is 20.1 Å². The van der Waals surface area contributed by atoms with Gasteiger partial charge in [-0.2, -0.15) is 16.9 Å². The molecule has 92 valence electrons. The summed E-state index contributed by atoms with van der Waals surface area (Å²) in [6.45, 7) is 9.43. The lowest BCUT2D eigenvalue weighted by Gasteiger charge is -2.14.